The van der Waals surface area contributed by atoms with Gasteiger partial charge in [-0.15, -0.1) is 0 Å². The summed E-state index contributed by atoms with van der Waals surface area (Å²) < 4.78 is 5.84. The minimum absolute atomic E-state index is 0.317. The highest BCUT2D eigenvalue weighted by Crippen LogP contribution is 2.21. The molecule has 0 aliphatic rings. The van der Waals surface area contributed by atoms with Gasteiger partial charge in [0.15, 0.2) is 6.61 Å². The van der Waals surface area contributed by atoms with Crippen molar-refractivity contribution < 1.29 is 14.3 Å². The summed E-state index contributed by atoms with van der Waals surface area (Å²) in [5, 5.41) is 2.82. The molecule has 0 unspecified atom stereocenters. The first-order valence-electron chi connectivity index (χ1n) is 7.32. The van der Waals surface area contributed by atoms with Gasteiger partial charge in [-0.2, -0.15) is 0 Å². The molecule has 1 N–H and O–H groups in total. The third kappa shape index (κ3) is 4.66. The lowest BCUT2D eigenvalue weighted by Gasteiger charge is -2.13. The second kappa shape index (κ2) is 7.92. The minimum Gasteiger partial charge on any atom is -0.452 e. The van der Waals surface area contributed by atoms with Crippen LogP contribution in [0.3, 0.4) is 0 Å². The first-order valence-corrected chi connectivity index (χ1v) is 8.11. The van der Waals surface area contributed by atoms with Crippen LogP contribution in [0.25, 0.3) is 0 Å². The average molecular weight is 376 g/mol. The third-order valence-corrected chi connectivity index (χ3v) is 3.89. The van der Waals surface area contributed by atoms with Crippen LogP contribution in [-0.2, 0) is 16.0 Å². The number of halogens is 1. The largest absolute Gasteiger partial charge is 0.452 e. The fraction of sp³-hybridized carbons (Fsp3) is 0.222. The lowest BCUT2D eigenvalue weighted by atomic mass is 10.1. The first-order chi connectivity index (χ1) is 11.0. The molecule has 0 aromatic heterocycles. The predicted molar refractivity (Wildman–Crippen MR) is 93.6 cm³/mol. The van der Waals surface area contributed by atoms with Crippen molar-refractivity contribution in [1.82, 2.24) is 0 Å². The minimum atomic E-state index is -0.526. The molecule has 4 nitrogen and oxygen atoms in total. The smallest absolute Gasteiger partial charge is 0.338 e. The molecule has 0 aliphatic heterocycles. The normalized spacial score (nSPS) is 10.2. The maximum atomic E-state index is 12.0. The molecule has 1 amide bonds. The summed E-state index contributed by atoms with van der Waals surface area (Å²) in [7, 11) is 0. The molecule has 5 heteroatoms. The van der Waals surface area contributed by atoms with Gasteiger partial charge in [0.25, 0.3) is 5.91 Å². The van der Waals surface area contributed by atoms with E-state index in [1.54, 1.807) is 18.2 Å². The number of carbonyl (C=O) groups is 2. The number of hydrogen-bond donors (Lipinski definition) is 1. The summed E-state index contributed by atoms with van der Waals surface area (Å²) in [6, 6.07) is 12.7. The summed E-state index contributed by atoms with van der Waals surface area (Å²) in [6.45, 7) is 3.64. The van der Waals surface area contributed by atoms with E-state index in [0.717, 1.165) is 27.7 Å². The predicted octanol–water partition coefficient (Wildman–Crippen LogP) is 4.12. The zero-order chi connectivity index (χ0) is 16.8. The number of aryl methyl sites for hydroxylation is 2. The van der Waals surface area contributed by atoms with Crippen molar-refractivity contribution in [3.63, 3.8) is 0 Å². The molecule has 0 heterocycles. The molecule has 0 fully saturated rings. The van der Waals surface area contributed by atoms with Crippen molar-refractivity contribution in [3.05, 3.63) is 63.6 Å². The molecule has 0 spiro atoms. The van der Waals surface area contributed by atoms with E-state index in [9.17, 15) is 9.59 Å². The third-order valence-electron chi connectivity index (χ3n) is 3.40. The van der Waals surface area contributed by atoms with E-state index < -0.39 is 5.97 Å². The van der Waals surface area contributed by atoms with Crippen LogP contribution in [-0.4, -0.2) is 18.5 Å². The highest BCUT2D eigenvalue weighted by atomic mass is 79.9. The fourth-order valence-electron chi connectivity index (χ4n) is 2.21. The van der Waals surface area contributed by atoms with E-state index in [2.05, 4.69) is 21.2 Å². The number of esters is 1. The number of amides is 1. The quantitative estimate of drug-likeness (QED) is 0.799. The molecule has 0 atom stereocenters. The average Bonchev–Trinajstić information content (AvgIpc) is 2.54. The van der Waals surface area contributed by atoms with Crippen LogP contribution in [0.1, 0.15) is 28.4 Å². The Kier molecular flexibility index (Phi) is 5.93. The Hall–Kier alpha value is -2.14. The number of anilines is 1. The first kappa shape index (κ1) is 17.2. The van der Waals surface area contributed by atoms with Gasteiger partial charge in [0, 0.05) is 10.2 Å². The topological polar surface area (TPSA) is 55.4 Å². The molecule has 0 saturated heterocycles. The highest BCUT2D eigenvalue weighted by Gasteiger charge is 2.12. The Bertz CT molecular complexity index is 728. The fourth-order valence-corrected chi connectivity index (χ4v) is 2.61. The zero-order valence-electron chi connectivity index (χ0n) is 13.1. The Labute approximate surface area is 144 Å². The summed E-state index contributed by atoms with van der Waals surface area (Å²) in [5.74, 6) is -0.876. The van der Waals surface area contributed by atoms with Crippen LogP contribution in [0, 0.1) is 6.92 Å². The zero-order valence-corrected chi connectivity index (χ0v) is 14.6. The summed E-state index contributed by atoms with van der Waals surface area (Å²) >= 11 is 3.29. The van der Waals surface area contributed by atoms with Crippen molar-refractivity contribution in [2.24, 2.45) is 0 Å². The highest BCUT2D eigenvalue weighted by molar-refractivity contribution is 9.10. The molecule has 2 aromatic carbocycles. The Balaban J connectivity index is 1.97. The van der Waals surface area contributed by atoms with Crippen LogP contribution < -0.4 is 5.32 Å². The van der Waals surface area contributed by atoms with E-state index in [1.807, 2.05) is 38.1 Å². The van der Waals surface area contributed by atoms with Gasteiger partial charge in [-0.05, 0) is 42.7 Å². The van der Waals surface area contributed by atoms with Gasteiger partial charge in [0.1, 0.15) is 0 Å². The standard InChI is InChI=1S/C18H18BrNO3/c1-3-13-7-4-6-12(2)17(13)20-16(21)11-23-18(22)14-8-5-9-15(19)10-14/h4-10H,3,11H2,1-2H3,(H,20,21). The van der Waals surface area contributed by atoms with Crippen LogP contribution in [0.5, 0.6) is 0 Å². The number of rotatable bonds is 5. The lowest BCUT2D eigenvalue weighted by molar-refractivity contribution is -0.119. The van der Waals surface area contributed by atoms with E-state index in [-0.39, 0.29) is 12.5 Å². The van der Waals surface area contributed by atoms with Crippen molar-refractivity contribution in [3.8, 4) is 0 Å². The van der Waals surface area contributed by atoms with Crippen molar-refractivity contribution in [2.45, 2.75) is 20.3 Å². The SMILES string of the molecule is CCc1cccc(C)c1NC(=O)COC(=O)c1cccc(Br)c1. The number of hydrogen-bond acceptors (Lipinski definition) is 3. The van der Waals surface area contributed by atoms with Crippen LogP contribution in [0.4, 0.5) is 5.69 Å². The van der Waals surface area contributed by atoms with Crippen LogP contribution in [0.15, 0.2) is 46.9 Å². The Morgan fingerprint density at radius 3 is 2.61 bits per heavy atom. The molecular formula is C18H18BrNO3. The number of ether oxygens (including phenoxy) is 1. The number of nitrogens with one attached hydrogen (secondary N) is 1. The molecule has 120 valence electrons. The molecule has 2 aromatic rings. The number of carbonyl (C=O) groups excluding carboxylic acids is 2. The Morgan fingerprint density at radius 2 is 1.91 bits per heavy atom. The van der Waals surface area contributed by atoms with Crippen LogP contribution in [0.2, 0.25) is 0 Å². The van der Waals surface area contributed by atoms with Gasteiger partial charge in [-0.1, -0.05) is 47.1 Å². The molecule has 0 aliphatic carbocycles. The molecule has 0 bridgehead atoms. The number of benzene rings is 2. The van der Waals surface area contributed by atoms with Gasteiger partial charge in [0.2, 0.25) is 0 Å². The van der Waals surface area contributed by atoms with Gasteiger partial charge in [0.05, 0.1) is 5.56 Å². The molecular weight excluding hydrogens is 358 g/mol. The molecule has 2 rings (SSSR count). The molecule has 23 heavy (non-hydrogen) atoms. The van der Waals surface area contributed by atoms with Crippen molar-refractivity contribution >= 4 is 33.5 Å². The van der Waals surface area contributed by atoms with E-state index in [0.29, 0.717) is 5.56 Å². The van der Waals surface area contributed by atoms with Crippen molar-refractivity contribution in [1.29, 1.82) is 0 Å². The second-order valence-corrected chi connectivity index (χ2v) is 6.01. The molecule has 0 radical (unpaired) electrons. The second-order valence-electron chi connectivity index (χ2n) is 5.10. The van der Waals surface area contributed by atoms with Gasteiger partial charge in [-0.3, -0.25) is 4.79 Å². The lowest BCUT2D eigenvalue weighted by Crippen LogP contribution is -2.22. The summed E-state index contributed by atoms with van der Waals surface area (Å²) in [4.78, 5) is 24.0. The summed E-state index contributed by atoms with van der Waals surface area (Å²) in [5.41, 5.74) is 3.23. The monoisotopic (exact) mass is 375 g/mol. The Morgan fingerprint density at radius 1 is 1.17 bits per heavy atom. The van der Waals surface area contributed by atoms with Crippen molar-refractivity contribution in [2.75, 3.05) is 11.9 Å². The number of para-hydroxylation sites is 1. The maximum absolute atomic E-state index is 12.0. The van der Waals surface area contributed by atoms with E-state index in [4.69, 9.17) is 4.74 Å². The van der Waals surface area contributed by atoms with Gasteiger partial charge >= 0.3 is 5.97 Å². The van der Waals surface area contributed by atoms with Gasteiger partial charge in [-0.25, -0.2) is 4.79 Å². The maximum Gasteiger partial charge on any atom is 0.338 e. The van der Waals surface area contributed by atoms with Gasteiger partial charge < -0.3 is 10.1 Å². The van der Waals surface area contributed by atoms with E-state index >= 15 is 0 Å². The van der Waals surface area contributed by atoms with E-state index in [1.165, 1.54) is 0 Å². The molecule has 0 saturated carbocycles. The van der Waals surface area contributed by atoms with Crippen LogP contribution >= 0.6 is 15.9 Å². The summed E-state index contributed by atoms with van der Waals surface area (Å²) in [6.07, 6.45) is 0.815.